The van der Waals surface area contributed by atoms with Gasteiger partial charge in [0.15, 0.2) is 5.65 Å². The molecule has 2 aromatic rings. The van der Waals surface area contributed by atoms with Crippen LogP contribution in [0.15, 0.2) is 6.07 Å². The van der Waals surface area contributed by atoms with Crippen LogP contribution in [0.5, 0.6) is 0 Å². The topological polar surface area (TPSA) is 63.5 Å². The third kappa shape index (κ3) is 4.10. The van der Waals surface area contributed by atoms with Crippen molar-refractivity contribution in [1.29, 1.82) is 0 Å². The molecule has 30 heavy (non-hydrogen) atoms. The van der Waals surface area contributed by atoms with Gasteiger partial charge in [0.1, 0.15) is 0 Å². The van der Waals surface area contributed by atoms with Crippen LogP contribution in [-0.4, -0.2) is 76.4 Å². The van der Waals surface area contributed by atoms with E-state index in [1.165, 1.54) is 45.2 Å². The summed E-state index contributed by atoms with van der Waals surface area (Å²) < 4.78 is 7.13. The van der Waals surface area contributed by atoms with Crippen LogP contribution in [0.3, 0.4) is 0 Å². The largest absolute Gasteiger partial charge is 0.383 e. The maximum atomic E-state index is 13.8. The van der Waals surface area contributed by atoms with Gasteiger partial charge in [0.05, 0.1) is 23.3 Å². The van der Waals surface area contributed by atoms with Crippen molar-refractivity contribution >= 4 is 16.9 Å². The summed E-state index contributed by atoms with van der Waals surface area (Å²) >= 11 is 0. The fourth-order valence-electron chi connectivity index (χ4n) is 5.46. The van der Waals surface area contributed by atoms with Gasteiger partial charge >= 0.3 is 0 Å². The minimum atomic E-state index is 0.0755. The zero-order chi connectivity index (χ0) is 21.3. The number of ether oxygens (including phenoxy) is 1. The number of rotatable bonds is 6. The van der Waals surface area contributed by atoms with Crippen LogP contribution in [0.2, 0.25) is 0 Å². The molecule has 4 rings (SSSR count). The fraction of sp³-hybridized carbons (Fsp3) is 0.696. The molecule has 0 spiro atoms. The molecule has 0 aliphatic carbocycles. The smallest absolute Gasteiger partial charge is 0.254 e. The molecule has 164 valence electrons. The molecule has 0 aromatic carbocycles. The average molecular weight is 414 g/mol. The van der Waals surface area contributed by atoms with E-state index in [1.807, 2.05) is 31.9 Å². The van der Waals surface area contributed by atoms with E-state index in [9.17, 15) is 4.79 Å². The Morgan fingerprint density at radius 3 is 2.83 bits per heavy atom. The van der Waals surface area contributed by atoms with Crippen molar-refractivity contribution in [2.24, 2.45) is 13.0 Å². The quantitative estimate of drug-likeness (QED) is 0.729. The molecule has 4 heterocycles. The summed E-state index contributed by atoms with van der Waals surface area (Å²) in [4.78, 5) is 23.1. The normalized spacial score (nSPS) is 22.3. The van der Waals surface area contributed by atoms with E-state index in [0.29, 0.717) is 25.1 Å². The van der Waals surface area contributed by atoms with Crippen molar-refractivity contribution in [3.63, 3.8) is 0 Å². The van der Waals surface area contributed by atoms with Crippen molar-refractivity contribution in [1.82, 2.24) is 24.6 Å². The van der Waals surface area contributed by atoms with Gasteiger partial charge in [0, 0.05) is 39.0 Å². The number of aromatic nitrogens is 3. The predicted molar refractivity (Wildman–Crippen MR) is 118 cm³/mol. The summed E-state index contributed by atoms with van der Waals surface area (Å²) in [7, 11) is 3.59. The second-order valence-electron chi connectivity index (χ2n) is 8.96. The number of hydrogen-bond acceptors (Lipinski definition) is 5. The molecular weight excluding hydrogens is 378 g/mol. The van der Waals surface area contributed by atoms with Gasteiger partial charge in [-0.1, -0.05) is 6.42 Å². The molecule has 0 unspecified atom stereocenters. The molecule has 2 fully saturated rings. The first-order chi connectivity index (χ1) is 14.5. The number of fused-ring (bicyclic) bond motifs is 2. The lowest BCUT2D eigenvalue weighted by Gasteiger charge is -2.45. The van der Waals surface area contributed by atoms with Gasteiger partial charge < -0.3 is 14.5 Å². The molecule has 2 aliphatic heterocycles. The Kier molecular flexibility index (Phi) is 6.39. The lowest BCUT2D eigenvalue weighted by Crippen LogP contribution is -2.52. The van der Waals surface area contributed by atoms with Crippen molar-refractivity contribution in [2.75, 3.05) is 39.9 Å². The molecule has 1 amide bonds. The van der Waals surface area contributed by atoms with Gasteiger partial charge in [0.25, 0.3) is 5.91 Å². The van der Waals surface area contributed by atoms with Crippen LogP contribution in [0.4, 0.5) is 0 Å². The summed E-state index contributed by atoms with van der Waals surface area (Å²) in [6.07, 6.45) is 6.31. The van der Waals surface area contributed by atoms with Crippen LogP contribution < -0.4 is 0 Å². The Morgan fingerprint density at radius 1 is 1.23 bits per heavy atom. The van der Waals surface area contributed by atoms with Gasteiger partial charge in [-0.2, -0.15) is 5.10 Å². The molecule has 7 nitrogen and oxygen atoms in total. The Labute approximate surface area is 179 Å². The maximum Gasteiger partial charge on any atom is 0.254 e. The number of piperidine rings is 2. The highest BCUT2D eigenvalue weighted by molar-refractivity contribution is 6.06. The summed E-state index contributed by atoms with van der Waals surface area (Å²) in [5.74, 6) is 0.611. The molecule has 0 saturated carbocycles. The second-order valence-corrected chi connectivity index (χ2v) is 8.96. The van der Waals surface area contributed by atoms with E-state index < -0.39 is 0 Å². The van der Waals surface area contributed by atoms with E-state index in [-0.39, 0.29) is 5.91 Å². The first-order valence-electron chi connectivity index (χ1n) is 11.3. The van der Waals surface area contributed by atoms with Crippen molar-refractivity contribution in [3.8, 4) is 0 Å². The highest BCUT2D eigenvalue weighted by atomic mass is 16.5. The van der Waals surface area contributed by atoms with E-state index in [4.69, 9.17) is 4.74 Å². The Hall–Kier alpha value is -1.99. The number of nitrogens with zero attached hydrogens (tertiary/aromatic N) is 5. The van der Waals surface area contributed by atoms with Gasteiger partial charge in [-0.3, -0.25) is 9.48 Å². The Morgan fingerprint density at radius 2 is 2.03 bits per heavy atom. The number of pyridine rings is 1. The zero-order valence-corrected chi connectivity index (χ0v) is 18.9. The fourth-order valence-corrected chi connectivity index (χ4v) is 5.46. The Balaban J connectivity index is 1.64. The molecular formula is C23H35N5O2. The number of amides is 1. The van der Waals surface area contributed by atoms with Crippen molar-refractivity contribution in [2.45, 2.75) is 52.0 Å². The molecule has 2 aliphatic rings. The molecule has 2 saturated heterocycles. The standard InChI is InChI=1S/C23H35N5O2/c1-16-14-19(21-17(2)25-26(3)22(21)24-16)23(29)28(12-13-30-4)15-18-8-7-11-27-10-6-5-9-20(18)27/h14,18,20H,5-13,15H2,1-4H3/t18-,20+/m0/s1. The number of aryl methyl sites for hydroxylation is 3. The SMILES string of the molecule is COCCN(C[C@@H]1CCCN2CCCC[C@H]12)C(=O)c1cc(C)nc2c1c(C)nn2C. The van der Waals surface area contributed by atoms with Crippen LogP contribution in [0, 0.1) is 19.8 Å². The summed E-state index contributed by atoms with van der Waals surface area (Å²) in [5, 5.41) is 5.39. The summed E-state index contributed by atoms with van der Waals surface area (Å²) in [6, 6.07) is 2.54. The van der Waals surface area contributed by atoms with Crippen molar-refractivity contribution < 1.29 is 9.53 Å². The number of methoxy groups -OCH3 is 1. The van der Waals surface area contributed by atoms with Gasteiger partial charge in [0.2, 0.25) is 0 Å². The molecule has 2 aromatic heterocycles. The second kappa shape index (κ2) is 9.02. The molecule has 0 N–H and O–H groups in total. The maximum absolute atomic E-state index is 13.8. The van der Waals surface area contributed by atoms with Crippen LogP contribution in [-0.2, 0) is 11.8 Å². The molecule has 0 bridgehead atoms. The van der Waals surface area contributed by atoms with Crippen LogP contribution in [0.25, 0.3) is 11.0 Å². The lowest BCUT2D eigenvalue weighted by molar-refractivity contribution is 0.0316. The van der Waals surface area contributed by atoms with Crippen LogP contribution >= 0.6 is 0 Å². The van der Waals surface area contributed by atoms with Gasteiger partial charge in [-0.05, 0) is 64.6 Å². The highest BCUT2D eigenvalue weighted by Gasteiger charge is 2.35. The predicted octanol–water partition coefficient (Wildman–Crippen LogP) is 2.94. The van der Waals surface area contributed by atoms with Crippen LogP contribution in [0.1, 0.15) is 53.8 Å². The Bertz CT molecular complexity index is 907. The third-order valence-electron chi connectivity index (χ3n) is 6.86. The van der Waals surface area contributed by atoms with Gasteiger partial charge in [-0.25, -0.2) is 4.98 Å². The number of hydrogen-bond donors (Lipinski definition) is 0. The van der Waals surface area contributed by atoms with E-state index in [1.54, 1.807) is 11.8 Å². The third-order valence-corrected chi connectivity index (χ3v) is 6.86. The summed E-state index contributed by atoms with van der Waals surface area (Å²) in [5.41, 5.74) is 3.19. The van der Waals surface area contributed by atoms with Crippen molar-refractivity contribution in [3.05, 3.63) is 23.0 Å². The highest BCUT2D eigenvalue weighted by Crippen LogP contribution is 2.32. The van der Waals surface area contributed by atoms with E-state index in [2.05, 4.69) is 15.0 Å². The number of carbonyl (C=O) groups excluding carboxylic acids is 1. The first-order valence-corrected chi connectivity index (χ1v) is 11.3. The van der Waals surface area contributed by atoms with E-state index >= 15 is 0 Å². The average Bonchev–Trinajstić information content (AvgIpc) is 3.03. The molecule has 7 heteroatoms. The minimum absolute atomic E-state index is 0.0755. The van der Waals surface area contributed by atoms with Gasteiger partial charge in [-0.15, -0.1) is 0 Å². The monoisotopic (exact) mass is 413 g/mol. The minimum Gasteiger partial charge on any atom is -0.383 e. The molecule has 0 radical (unpaired) electrons. The summed E-state index contributed by atoms with van der Waals surface area (Å²) in [6.45, 7) is 8.28. The first kappa shape index (κ1) is 21.2. The number of carbonyl (C=O) groups is 1. The molecule has 2 atom stereocenters. The lowest BCUT2D eigenvalue weighted by atomic mass is 9.83. The van der Waals surface area contributed by atoms with E-state index in [0.717, 1.165) is 34.5 Å². The zero-order valence-electron chi connectivity index (χ0n) is 18.9.